The number of aliphatic hydroxyl groups is 1. The molecular formula is C26H21ClFNO4. The molecule has 0 aromatic heterocycles. The molecule has 1 aliphatic rings. The zero-order valence-corrected chi connectivity index (χ0v) is 18.8. The first-order chi connectivity index (χ1) is 15.8. The number of ether oxygens (including phenoxy) is 1. The van der Waals surface area contributed by atoms with E-state index in [2.05, 4.69) is 0 Å². The molecule has 3 aromatic carbocycles. The van der Waals surface area contributed by atoms with Crippen LogP contribution in [-0.4, -0.2) is 23.4 Å². The standard InChI is InChI=1S/C26H21ClFNO4/c1-3-33-21-14-17(7-12-20(21)27)24(30)22-23(16-6-4-5-15(2)13-16)29(26(32)25(22)31)19-10-8-18(28)9-11-19/h4-14,23,30H,3H2,1-2H3/b24-22-. The minimum absolute atomic E-state index is 0.0697. The Labute approximate surface area is 195 Å². The first kappa shape index (κ1) is 22.6. The van der Waals surface area contributed by atoms with Crippen molar-refractivity contribution in [1.29, 1.82) is 0 Å². The Kier molecular flexibility index (Phi) is 6.20. The average molecular weight is 466 g/mol. The lowest BCUT2D eigenvalue weighted by Gasteiger charge is -2.25. The van der Waals surface area contributed by atoms with Crippen molar-refractivity contribution in [1.82, 2.24) is 0 Å². The average Bonchev–Trinajstić information content (AvgIpc) is 3.06. The third kappa shape index (κ3) is 4.22. The van der Waals surface area contributed by atoms with E-state index in [9.17, 15) is 19.1 Å². The van der Waals surface area contributed by atoms with E-state index in [-0.39, 0.29) is 16.9 Å². The summed E-state index contributed by atoms with van der Waals surface area (Å²) in [6.07, 6.45) is 0. The topological polar surface area (TPSA) is 66.8 Å². The number of nitrogens with zero attached hydrogens (tertiary/aromatic N) is 1. The molecule has 0 bridgehead atoms. The highest BCUT2D eigenvalue weighted by molar-refractivity contribution is 6.51. The quantitative estimate of drug-likeness (QED) is 0.293. The van der Waals surface area contributed by atoms with Gasteiger partial charge in [0.15, 0.2) is 0 Å². The summed E-state index contributed by atoms with van der Waals surface area (Å²) in [4.78, 5) is 27.6. The minimum atomic E-state index is -0.901. The maximum Gasteiger partial charge on any atom is 0.300 e. The van der Waals surface area contributed by atoms with E-state index in [1.54, 1.807) is 25.1 Å². The number of halogens is 2. The second-order valence-corrected chi connectivity index (χ2v) is 8.05. The highest BCUT2D eigenvalue weighted by Crippen LogP contribution is 2.43. The number of hydrogen-bond acceptors (Lipinski definition) is 4. The summed E-state index contributed by atoms with van der Waals surface area (Å²) in [5.41, 5.74) is 2.12. The summed E-state index contributed by atoms with van der Waals surface area (Å²) >= 11 is 6.17. The minimum Gasteiger partial charge on any atom is -0.507 e. The lowest BCUT2D eigenvalue weighted by molar-refractivity contribution is -0.132. The van der Waals surface area contributed by atoms with Crippen LogP contribution in [0.5, 0.6) is 5.75 Å². The van der Waals surface area contributed by atoms with Crippen LogP contribution in [0.1, 0.15) is 29.7 Å². The van der Waals surface area contributed by atoms with Crippen molar-refractivity contribution < 1.29 is 23.8 Å². The fourth-order valence-electron chi connectivity index (χ4n) is 3.93. The van der Waals surface area contributed by atoms with E-state index >= 15 is 0 Å². The number of hydrogen-bond donors (Lipinski definition) is 1. The molecule has 3 aromatic rings. The third-order valence-corrected chi connectivity index (χ3v) is 5.72. The Hall–Kier alpha value is -3.64. The highest BCUT2D eigenvalue weighted by Gasteiger charge is 2.47. The second kappa shape index (κ2) is 9.08. The molecule has 0 radical (unpaired) electrons. The molecule has 1 heterocycles. The van der Waals surface area contributed by atoms with Crippen molar-refractivity contribution in [2.75, 3.05) is 11.5 Å². The molecule has 5 nitrogen and oxygen atoms in total. The van der Waals surface area contributed by atoms with Crippen LogP contribution in [0.4, 0.5) is 10.1 Å². The second-order valence-electron chi connectivity index (χ2n) is 7.64. The van der Waals surface area contributed by atoms with E-state index in [1.165, 1.54) is 35.2 Å². The molecule has 0 aliphatic carbocycles. The fraction of sp³-hybridized carbons (Fsp3) is 0.154. The van der Waals surface area contributed by atoms with Gasteiger partial charge in [-0.3, -0.25) is 14.5 Å². The Balaban J connectivity index is 1.93. The van der Waals surface area contributed by atoms with Gasteiger partial charge in [0.25, 0.3) is 11.7 Å². The maximum absolute atomic E-state index is 13.5. The molecule has 1 amide bonds. The van der Waals surface area contributed by atoms with E-state index < -0.39 is 23.5 Å². The highest BCUT2D eigenvalue weighted by atomic mass is 35.5. The predicted molar refractivity (Wildman–Crippen MR) is 125 cm³/mol. The van der Waals surface area contributed by atoms with Crippen LogP contribution >= 0.6 is 11.6 Å². The zero-order chi connectivity index (χ0) is 23.7. The number of aryl methyl sites for hydroxylation is 1. The summed E-state index contributed by atoms with van der Waals surface area (Å²) < 4.78 is 19.0. The molecular weight excluding hydrogens is 445 g/mol. The molecule has 168 valence electrons. The predicted octanol–water partition coefficient (Wildman–Crippen LogP) is 5.81. The number of ketones is 1. The maximum atomic E-state index is 13.5. The van der Waals surface area contributed by atoms with Crippen molar-refractivity contribution in [3.63, 3.8) is 0 Å². The Bertz CT molecular complexity index is 1270. The van der Waals surface area contributed by atoms with Gasteiger partial charge in [-0.25, -0.2) is 4.39 Å². The molecule has 4 rings (SSSR count). The van der Waals surface area contributed by atoms with Crippen LogP contribution in [0.15, 0.2) is 72.3 Å². The van der Waals surface area contributed by atoms with E-state index in [1.807, 2.05) is 25.1 Å². The number of carbonyl (C=O) groups excluding carboxylic acids is 2. The summed E-state index contributed by atoms with van der Waals surface area (Å²) in [5, 5.41) is 11.6. The number of anilines is 1. The van der Waals surface area contributed by atoms with Gasteiger partial charge in [-0.1, -0.05) is 41.4 Å². The largest absolute Gasteiger partial charge is 0.507 e. The number of benzene rings is 3. The van der Waals surface area contributed by atoms with Crippen LogP contribution in [0.3, 0.4) is 0 Å². The Morgan fingerprint density at radius 3 is 2.48 bits per heavy atom. The first-order valence-electron chi connectivity index (χ1n) is 10.4. The van der Waals surface area contributed by atoms with Gasteiger partial charge in [-0.05, 0) is 61.9 Å². The molecule has 1 saturated heterocycles. The van der Waals surface area contributed by atoms with Crippen LogP contribution < -0.4 is 9.64 Å². The lowest BCUT2D eigenvalue weighted by Crippen LogP contribution is -2.29. The first-order valence-corrected chi connectivity index (χ1v) is 10.8. The van der Waals surface area contributed by atoms with Crippen molar-refractivity contribution in [2.45, 2.75) is 19.9 Å². The van der Waals surface area contributed by atoms with Crippen molar-refractivity contribution >= 4 is 34.7 Å². The molecule has 1 aliphatic heterocycles. The molecule has 0 spiro atoms. The Morgan fingerprint density at radius 2 is 1.82 bits per heavy atom. The van der Waals surface area contributed by atoms with Crippen LogP contribution in [0.2, 0.25) is 5.02 Å². The number of Topliss-reactive ketones (excluding diaryl/α,β-unsaturated/α-hetero) is 1. The summed E-state index contributed by atoms with van der Waals surface area (Å²) in [5.74, 6) is -2.11. The van der Waals surface area contributed by atoms with Crippen LogP contribution in [0.25, 0.3) is 5.76 Å². The SMILES string of the molecule is CCOc1cc(/C(O)=C2/C(=O)C(=O)N(c3ccc(F)cc3)C2c2cccc(C)c2)ccc1Cl. The normalized spacial score (nSPS) is 17.5. The Morgan fingerprint density at radius 1 is 1.09 bits per heavy atom. The number of rotatable bonds is 5. The van der Waals surface area contributed by atoms with Crippen LogP contribution in [-0.2, 0) is 9.59 Å². The molecule has 33 heavy (non-hydrogen) atoms. The van der Waals surface area contributed by atoms with Gasteiger partial charge >= 0.3 is 0 Å². The van der Waals surface area contributed by atoms with Gasteiger partial charge in [0.05, 0.1) is 23.2 Å². The van der Waals surface area contributed by atoms with E-state index in [0.29, 0.717) is 28.6 Å². The third-order valence-electron chi connectivity index (χ3n) is 5.41. The van der Waals surface area contributed by atoms with Gasteiger partial charge in [0.1, 0.15) is 17.3 Å². The van der Waals surface area contributed by atoms with Crippen molar-refractivity contribution in [3.8, 4) is 5.75 Å². The van der Waals surface area contributed by atoms with Crippen LogP contribution in [0, 0.1) is 12.7 Å². The smallest absolute Gasteiger partial charge is 0.300 e. The van der Waals surface area contributed by atoms with Gasteiger partial charge < -0.3 is 9.84 Å². The molecule has 7 heteroatoms. The molecule has 1 unspecified atom stereocenters. The fourth-order valence-corrected chi connectivity index (χ4v) is 4.10. The van der Waals surface area contributed by atoms with Gasteiger partial charge in [0.2, 0.25) is 0 Å². The number of amides is 1. The summed E-state index contributed by atoms with van der Waals surface area (Å²) in [6.45, 7) is 4.05. The van der Waals surface area contributed by atoms with Gasteiger partial charge in [-0.15, -0.1) is 0 Å². The molecule has 0 saturated carbocycles. The molecule has 1 fully saturated rings. The van der Waals surface area contributed by atoms with E-state index in [0.717, 1.165) is 5.56 Å². The lowest BCUT2D eigenvalue weighted by atomic mass is 9.94. The summed E-state index contributed by atoms with van der Waals surface area (Å²) in [7, 11) is 0. The summed E-state index contributed by atoms with van der Waals surface area (Å²) in [6, 6.07) is 16.3. The van der Waals surface area contributed by atoms with Gasteiger partial charge in [-0.2, -0.15) is 0 Å². The monoisotopic (exact) mass is 465 g/mol. The van der Waals surface area contributed by atoms with Crippen molar-refractivity contribution in [3.05, 3.63) is 99.8 Å². The molecule has 1 atom stereocenters. The van der Waals surface area contributed by atoms with E-state index in [4.69, 9.17) is 16.3 Å². The zero-order valence-electron chi connectivity index (χ0n) is 18.0. The number of aliphatic hydroxyl groups excluding tert-OH is 1. The van der Waals surface area contributed by atoms with Crippen molar-refractivity contribution in [2.24, 2.45) is 0 Å². The van der Waals surface area contributed by atoms with Gasteiger partial charge in [0, 0.05) is 11.3 Å². The molecule has 1 N–H and O–H groups in total. The number of carbonyl (C=O) groups is 2.